The van der Waals surface area contributed by atoms with Crippen molar-refractivity contribution in [2.24, 2.45) is 5.92 Å². The minimum absolute atomic E-state index is 0.0320. The van der Waals surface area contributed by atoms with Gasteiger partial charge in [-0.1, -0.05) is 18.2 Å². The Morgan fingerprint density at radius 2 is 2.00 bits per heavy atom. The second-order valence-electron chi connectivity index (χ2n) is 6.39. The largest absolute Gasteiger partial charge is 0.376 e. The van der Waals surface area contributed by atoms with Gasteiger partial charge in [-0.2, -0.15) is 0 Å². The van der Waals surface area contributed by atoms with E-state index >= 15 is 0 Å². The number of carbonyl (C=O) groups is 1. The molecular formula is C16H22N2O4S. The molecule has 0 aromatic heterocycles. The normalized spacial score (nSPS) is 24.4. The van der Waals surface area contributed by atoms with Crippen molar-refractivity contribution in [2.75, 3.05) is 18.2 Å². The van der Waals surface area contributed by atoms with Crippen LogP contribution in [-0.4, -0.2) is 39.5 Å². The Kier molecular flexibility index (Phi) is 4.59. The second kappa shape index (κ2) is 6.49. The summed E-state index contributed by atoms with van der Waals surface area (Å²) in [4.78, 5) is 12.2. The van der Waals surface area contributed by atoms with Gasteiger partial charge >= 0.3 is 6.03 Å². The molecule has 23 heavy (non-hydrogen) atoms. The molecule has 7 heteroatoms. The average molecular weight is 338 g/mol. The molecule has 2 amide bonds. The molecule has 6 nitrogen and oxygen atoms in total. The van der Waals surface area contributed by atoms with Gasteiger partial charge in [0, 0.05) is 18.6 Å². The van der Waals surface area contributed by atoms with Crippen molar-refractivity contribution < 1.29 is 17.9 Å². The lowest BCUT2D eigenvalue weighted by atomic mass is 10.1. The van der Waals surface area contributed by atoms with Gasteiger partial charge in [0.05, 0.1) is 17.9 Å². The minimum Gasteiger partial charge on any atom is -0.376 e. The third-order valence-corrected chi connectivity index (χ3v) is 5.06. The molecule has 1 saturated heterocycles. The number of hydrogen-bond acceptors (Lipinski definition) is 4. The third kappa shape index (κ3) is 4.45. The van der Waals surface area contributed by atoms with Crippen LogP contribution in [0.1, 0.15) is 24.8 Å². The summed E-state index contributed by atoms with van der Waals surface area (Å²) in [6.07, 6.45) is 4.45. The van der Waals surface area contributed by atoms with Crippen molar-refractivity contribution in [3.05, 3.63) is 29.8 Å². The fourth-order valence-electron chi connectivity index (χ4n) is 3.03. The highest BCUT2D eigenvalue weighted by molar-refractivity contribution is 7.89. The van der Waals surface area contributed by atoms with Gasteiger partial charge in [-0.3, -0.25) is 0 Å². The second-order valence-corrected chi connectivity index (χ2v) is 8.53. The highest BCUT2D eigenvalue weighted by Crippen LogP contribution is 2.38. The number of anilines is 1. The molecule has 1 aromatic rings. The monoisotopic (exact) mass is 338 g/mol. The number of carbonyl (C=O) groups excluding carboxylic acids is 1. The molecule has 0 spiro atoms. The number of benzene rings is 1. The van der Waals surface area contributed by atoms with Gasteiger partial charge in [0.15, 0.2) is 9.84 Å². The molecule has 0 radical (unpaired) electrons. The first kappa shape index (κ1) is 16.3. The van der Waals surface area contributed by atoms with Crippen molar-refractivity contribution in [3.8, 4) is 0 Å². The Balaban J connectivity index is 1.63. The van der Waals surface area contributed by atoms with Crippen LogP contribution in [-0.2, 0) is 20.3 Å². The molecule has 0 unspecified atom stereocenters. The molecular weight excluding hydrogens is 316 g/mol. The van der Waals surface area contributed by atoms with E-state index in [1.54, 1.807) is 24.3 Å². The number of nitrogens with one attached hydrogen (secondary N) is 2. The van der Waals surface area contributed by atoms with Crippen LogP contribution in [0.3, 0.4) is 0 Å². The van der Waals surface area contributed by atoms with Crippen LogP contribution < -0.4 is 10.6 Å². The zero-order chi connectivity index (χ0) is 16.4. The van der Waals surface area contributed by atoms with Gasteiger partial charge in [-0.25, -0.2) is 13.2 Å². The summed E-state index contributed by atoms with van der Waals surface area (Å²) in [6.45, 7) is 0.677. The quantitative estimate of drug-likeness (QED) is 0.859. The van der Waals surface area contributed by atoms with E-state index in [0.29, 0.717) is 23.8 Å². The maximum atomic E-state index is 12.2. The predicted molar refractivity (Wildman–Crippen MR) is 88.0 cm³/mol. The topological polar surface area (TPSA) is 84.5 Å². The Bertz CT molecular complexity index is 685. The van der Waals surface area contributed by atoms with Gasteiger partial charge in [0.1, 0.15) is 0 Å². The van der Waals surface area contributed by atoms with E-state index in [2.05, 4.69) is 10.6 Å². The highest BCUT2D eigenvalue weighted by atomic mass is 32.2. The molecule has 126 valence electrons. The van der Waals surface area contributed by atoms with E-state index in [0.717, 1.165) is 6.42 Å². The van der Waals surface area contributed by atoms with Gasteiger partial charge in [-0.15, -0.1) is 0 Å². The van der Waals surface area contributed by atoms with Crippen LogP contribution >= 0.6 is 0 Å². The first-order valence-electron chi connectivity index (χ1n) is 7.87. The summed E-state index contributed by atoms with van der Waals surface area (Å²) >= 11 is 0. The van der Waals surface area contributed by atoms with Crippen LogP contribution in [0, 0.1) is 5.92 Å². The standard InChI is InChI=1S/C16H22N2O4S/c1-23(20,21)10-12-4-2-3-5-13(12)17-16(19)18-14-8-9-22-15(14)11-6-7-11/h2-5,11,14-15H,6-10H2,1H3,(H2,17,18,19)/t14-,15+/m0/s1. The van der Waals surface area contributed by atoms with Crippen molar-refractivity contribution in [3.63, 3.8) is 0 Å². The first-order valence-corrected chi connectivity index (χ1v) is 9.93. The van der Waals surface area contributed by atoms with Crippen LogP contribution in [0.5, 0.6) is 0 Å². The summed E-state index contributed by atoms with van der Waals surface area (Å²) in [5.74, 6) is 0.473. The summed E-state index contributed by atoms with van der Waals surface area (Å²) < 4.78 is 28.7. The van der Waals surface area contributed by atoms with Crippen molar-refractivity contribution in [2.45, 2.75) is 37.2 Å². The van der Waals surface area contributed by atoms with Crippen molar-refractivity contribution in [1.29, 1.82) is 0 Å². The number of amides is 2. The Hall–Kier alpha value is -1.60. The molecule has 2 fully saturated rings. The minimum atomic E-state index is -3.16. The van der Waals surface area contributed by atoms with Crippen LogP contribution in [0.4, 0.5) is 10.5 Å². The Morgan fingerprint density at radius 1 is 1.26 bits per heavy atom. The maximum Gasteiger partial charge on any atom is 0.319 e. The van der Waals surface area contributed by atoms with Crippen LogP contribution in [0.15, 0.2) is 24.3 Å². The summed E-state index contributed by atoms with van der Waals surface area (Å²) in [5.41, 5.74) is 1.11. The molecule has 1 saturated carbocycles. The predicted octanol–water partition coefficient (Wildman–Crippen LogP) is 1.92. The number of para-hydroxylation sites is 1. The lowest BCUT2D eigenvalue weighted by Gasteiger charge is -2.20. The zero-order valence-corrected chi connectivity index (χ0v) is 13.9. The van der Waals surface area contributed by atoms with Gasteiger partial charge in [0.25, 0.3) is 0 Å². The van der Waals surface area contributed by atoms with Gasteiger partial charge in [-0.05, 0) is 36.8 Å². The van der Waals surface area contributed by atoms with E-state index in [9.17, 15) is 13.2 Å². The molecule has 1 heterocycles. The average Bonchev–Trinajstić information content (AvgIpc) is 3.20. The lowest BCUT2D eigenvalue weighted by Crippen LogP contribution is -2.43. The molecule has 2 atom stereocenters. The fraction of sp³-hybridized carbons (Fsp3) is 0.562. The summed E-state index contributed by atoms with van der Waals surface area (Å²) in [7, 11) is -3.16. The smallest absolute Gasteiger partial charge is 0.319 e. The summed E-state index contributed by atoms with van der Waals surface area (Å²) in [6, 6.07) is 6.67. The SMILES string of the molecule is CS(=O)(=O)Cc1ccccc1NC(=O)N[C@H]1CCO[C@@H]1C1CC1. The zero-order valence-electron chi connectivity index (χ0n) is 13.1. The molecule has 1 aromatic carbocycles. The van der Waals surface area contributed by atoms with Crippen molar-refractivity contribution >= 4 is 21.6 Å². The molecule has 1 aliphatic carbocycles. The third-order valence-electron chi connectivity index (χ3n) is 4.22. The van der Waals surface area contributed by atoms with Gasteiger partial charge in [0.2, 0.25) is 0 Å². The van der Waals surface area contributed by atoms with E-state index in [-0.39, 0.29) is 23.9 Å². The first-order chi connectivity index (χ1) is 10.9. The number of ether oxygens (including phenoxy) is 1. The highest BCUT2D eigenvalue weighted by Gasteiger charge is 2.41. The number of sulfone groups is 1. The maximum absolute atomic E-state index is 12.2. The molecule has 2 aliphatic rings. The summed E-state index contributed by atoms with van der Waals surface area (Å²) in [5, 5.41) is 5.73. The van der Waals surface area contributed by atoms with E-state index in [1.807, 2.05) is 0 Å². The molecule has 2 N–H and O–H groups in total. The molecule has 3 rings (SSSR count). The van der Waals surface area contributed by atoms with Gasteiger partial charge < -0.3 is 15.4 Å². The number of rotatable bonds is 5. The van der Waals surface area contributed by atoms with Crippen molar-refractivity contribution in [1.82, 2.24) is 5.32 Å². The molecule has 1 aliphatic heterocycles. The van der Waals surface area contributed by atoms with E-state index in [4.69, 9.17) is 4.74 Å². The fourth-order valence-corrected chi connectivity index (χ4v) is 3.85. The van der Waals surface area contributed by atoms with Crippen LogP contribution in [0.2, 0.25) is 0 Å². The Labute approximate surface area is 136 Å². The lowest BCUT2D eigenvalue weighted by molar-refractivity contribution is 0.0829. The number of urea groups is 1. The van der Waals surface area contributed by atoms with E-state index in [1.165, 1.54) is 19.1 Å². The van der Waals surface area contributed by atoms with Crippen LogP contribution in [0.25, 0.3) is 0 Å². The molecule has 0 bridgehead atoms. The number of hydrogen-bond donors (Lipinski definition) is 2. The Morgan fingerprint density at radius 3 is 2.70 bits per heavy atom. The van der Waals surface area contributed by atoms with E-state index < -0.39 is 9.84 Å².